The molecule has 1 amide bonds. The van der Waals surface area contributed by atoms with Crippen LogP contribution in [0.3, 0.4) is 0 Å². The number of hydrogen-bond acceptors (Lipinski definition) is 2. The fourth-order valence-electron chi connectivity index (χ4n) is 2.00. The normalized spacial score (nSPS) is 9.67. The first kappa shape index (κ1) is 14.7. The second kappa shape index (κ2) is 6.67. The van der Waals surface area contributed by atoms with Crippen LogP contribution in [-0.2, 0) is 6.54 Å². The van der Waals surface area contributed by atoms with Crippen molar-refractivity contribution in [1.82, 2.24) is 9.88 Å². The Hall–Kier alpha value is -2.67. The van der Waals surface area contributed by atoms with E-state index >= 15 is 0 Å². The van der Waals surface area contributed by atoms with Crippen molar-refractivity contribution < 1.29 is 9.53 Å². The molecule has 0 bridgehead atoms. The van der Waals surface area contributed by atoms with E-state index < -0.39 is 0 Å². The van der Waals surface area contributed by atoms with Crippen LogP contribution in [0.1, 0.15) is 28.5 Å². The highest BCUT2D eigenvalue weighted by molar-refractivity contribution is 5.93. The first-order valence-electron chi connectivity index (χ1n) is 6.76. The van der Waals surface area contributed by atoms with Crippen LogP contribution >= 0.6 is 0 Å². The van der Waals surface area contributed by atoms with Gasteiger partial charge in [-0.1, -0.05) is 17.9 Å². The van der Waals surface area contributed by atoms with E-state index in [1.54, 1.807) is 20.2 Å². The minimum atomic E-state index is -0.105. The molecule has 0 radical (unpaired) electrons. The smallest absolute Gasteiger partial charge is 0.267 e. The average Bonchev–Trinajstić information content (AvgIpc) is 2.95. The number of aryl methyl sites for hydroxylation is 1. The zero-order valence-corrected chi connectivity index (χ0v) is 12.4. The summed E-state index contributed by atoms with van der Waals surface area (Å²) in [5.74, 6) is 6.83. The summed E-state index contributed by atoms with van der Waals surface area (Å²) in [6.45, 7) is 2.72. The maximum absolute atomic E-state index is 11.8. The van der Waals surface area contributed by atoms with E-state index in [0.29, 0.717) is 5.69 Å². The molecule has 0 saturated heterocycles. The van der Waals surface area contributed by atoms with Gasteiger partial charge in [-0.2, -0.15) is 0 Å². The van der Waals surface area contributed by atoms with Crippen LogP contribution in [0.25, 0.3) is 0 Å². The Bertz CT molecular complexity index is 705. The highest BCUT2D eigenvalue weighted by Gasteiger charge is 2.10. The molecule has 4 nitrogen and oxygen atoms in total. The van der Waals surface area contributed by atoms with Crippen molar-refractivity contribution in [3.63, 3.8) is 0 Å². The van der Waals surface area contributed by atoms with Gasteiger partial charge in [-0.3, -0.25) is 4.79 Å². The lowest BCUT2D eigenvalue weighted by Crippen LogP contribution is -2.21. The Morgan fingerprint density at radius 2 is 2.05 bits per heavy atom. The predicted molar refractivity (Wildman–Crippen MR) is 82.5 cm³/mol. The van der Waals surface area contributed by atoms with Crippen LogP contribution in [0.15, 0.2) is 36.5 Å². The number of methoxy groups -OCH3 is 1. The minimum Gasteiger partial charge on any atom is -0.497 e. The summed E-state index contributed by atoms with van der Waals surface area (Å²) in [6.07, 6.45) is 1.89. The average molecular weight is 282 g/mol. The van der Waals surface area contributed by atoms with Crippen molar-refractivity contribution in [2.24, 2.45) is 0 Å². The number of benzene rings is 1. The van der Waals surface area contributed by atoms with E-state index in [1.165, 1.54) is 0 Å². The van der Waals surface area contributed by atoms with Gasteiger partial charge in [0.1, 0.15) is 11.4 Å². The SMILES string of the molecule is CCn1cc(C#Cc2cccc(OC)c2)cc1C(=O)NC. The molecule has 1 heterocycles. The van der Waals surface area contributed by atoms with Crippen LogP contribution in [0, 0.1) is 11.8 Å². The van der Waals surface area contributed by atoms with Crippen LogP contribution in [-0.4, -0.2) is 24.6 Å². The van der Waals surface area contributed by atoms with Crippen molar-refractivity contribution in [3.05, 3.63) is 53.3 Å². The van der Waals surface area contributed by atoms with Crippen molar-refractivity contribution in [2.75, 3.05) is 14.2 Å². The second-order valence-electron chi connectivity index (χ2n) is 4.46. The number of amides is 1. The van der Waals surface area contributed by atoms with Gasteiger partial charge in [-0.25, -0.2) is 0 Å². The first-order valence-corrected chi connectivity index (χ1v) is 6.76. The van der Waals surface area contributed by atoms with E-state index in [4.69, 9.17) is 4.74 Å². The summed E-state index contributed by atoms with van der Waals surface area (Å²) < 4.78 is 7.05. The lowest BCUT2D eigenvalue weighted by molar-refractivity contribution is 0.0954. The van der Waals surface area contributed by atoms with Crippen LogP contribution in [0.4, 0.5) is 0 Å². The molecule has 0 aliphatic rings. The van der Waals surface area contributed by atoms with Gasteiger partial charge in [0, 0.05) is 30.9 Å². The third-order valence-electron chi connectivity index (χ3n) is 3.12. The quantitative estimate of drug-likeness (QED) is 0.878. The zero-order chi connectivity index (χ0) is 15.2. The van der Waals surface area contributed by atoms with Gasteiger partial charge in [-0.05, 0) is 31.2 Å². The molecule has 0 aliphatic carbocycles. The number of aromatic nitrogens is 1. The number of rotatable bonds is 3. The molecule has 0 saturated carbocycles. The topological polar surface area (TPSA) is 43.3 Å². The molecule has 1 aromatic carbocycles. The lowest BCUT2D eigenvalue weighted by atomic mass is 10.2. The summed E-state index contributed by atoms with van der Waals surface area (Å²) in [7, 11) is 3.25. The summed E-state index contributed by atoms with van der Waals surface area (Å²) >= 11 is 0. The molecule has 2 aromatic rings. The highest BCUT2D eigenvalue weighted by atomic mass is 16.5. The Kier molecular flexibility index (Phi) is 4.68. The van der Waals surface area contributed by atoms with Crippen molar-refractivity contribution in [1.29, 1.82) is 0 Å². The van der Waals surface area contributed by atoms with Gasteiger partial charge in [0.25, 0.3) is 5.91 Å². The molecule has 0 atom stereocenters. The third kappa shape index (κ3) is 3.46. The van der Waals surface area contributed by atoms with E-state index in [1.807, 2.05) is 42.0 Å². The number of nitrogens with zero attached hydrogens (tertiary/aromatic N) is 1. The predicted octanol–water partition coefficient (Wildman–Crippen LogP) is 2.28. The largest absolute Gasteiger partial charge is 0.497 e. The van der Waals surface area contributed by atoms with Crippen molar-refractivity contribution >= 4 is 5.91 Å². The second-order valence-corrected chi connectivity index (χ2v) is 4.46. The summed E-state index contributed by atoms with van der Waals surface area (Å²) in [6, 6.07) is 9.38. The van der Waals surface area contributed by atoms with Gasteiger partial charge in [0.2, 0.25) is 0 Å². The van der Waals surface area contributed by atoms with Crippen LogP contribution in [0.5, 0.6) is 5.75 Å². The minimum absolute atomic E-state index is 0.105. The molecule has 0 aliphatic heterocycles. The number of hydrogen-bond donors (Lipinski definition) is 1. The number of nitrogens with one attached hydrogen (secondary N) is 1. The van der Waals surface area contributed by atoms with Gasteiger partial charge in [-0.15, -0.1) is 0 Å². The summed E-state index contributed by atoms with van der Waals surface area (Å²) in [4.78, 5) is 11.8. The first-order chi connectivity index (χ1) is 10.2. The Morgan fingerprint density at radius 3 is 2.71 bits per heavy atom. The van der Waals surface area contributed by atoms with Crippen molar-refractivity contribution in [2.45, 2.75) is 13.5 Å². The highest BCUT2D eigenvalue weighted by Crippen LogP contribution is 2.12. The van der Waals surface area contributed by atoms with Crippen LogP contribution in [0.2, 0.25) is 0 Å². The molecule has 0 fully saturated rings. The Balaban J connectivity index is 2.30. The Labute approximate surface area is 124 Å². The van der Waals surface area contributed by atoms with E-state index in [9.17, 15) is 4.79 Å². The maximum atomic E-state index is 11.8. The Morgan fingerprint density at radius 1 is 1.29 bits per heavy atom. The maximum Gasteiger partial charge on any atom is 0.267 e. The van der Waals surface area contributed by atoms with E-state index in [-0.39, 0.29) is 5.91 Å². The van der Waals surface area contributed by atoms with E-state index in [2.05, 4.69) is 17.2 Å². The molecular weight excluding hydrogens is 264 g/mol. The van der Waals surface area contributed by atoms with Crippen molar-refractivity contribution in [3.8, 4) is 17.6 Å². The van der Waals surface area contributed by atoms with E-state index in [0.717, 1.165) is 23.4 Å². The number of carbonyl (C=O) groups excluding carboxylic acids is 1. The third-order valence-corrected chi connectivity index (χ3v) is 3.12. The van der Waals surface area contributed by atoms with Gasteiger partial charge in [0.15, 0.2) is 0 Å². The fourth-order valence-corrected chi connectivity index (χ4v) is 2.00. The molecule has 108 valence electrons. The summed E-state index contributed by atoms with van der Waals surface area (Å²) in [5, 5.41) is 2.63. The van der Waals surface area contributed by atoms with Gasteiger partial charge in [0.05, 0.1) is 7.11 Å². The molecule has 21 heavy (non-hydrogen) atoms. The molecule has 0 unspecified atom stereocenters. The van der Waals surface area contributed by atoms with Gasteiger partial charge >= 0.3 is 0 Å². The standard InChI is InChI=1S/C17H18N2O2/c1-4-19-12-14(11-16(19)17(20)18-2)9-8-13-6-5-7-15(10-13)21-3/h5-7,10-12H,4H2,1-3H3,(H,18,20). The fraction of sp³-hybridized carbons (Fsp3) is 0.235. The van der Waals surface area contributed by atoms with Crippen LogP contribution < -0.4 is 10.1 Å². The molecule has 2 rings (SSSR count). The summed E-state index contributed by atoms with van der Waals surface area (Å²) in [5.41, 5.74) is 2.31. The molecule has 1 N–H and O–H groups in total. The van der Waals surface area contributed by atoms with Gasteiger partial charge < -0.3 is 14.6 Å². The molecule has 0 spiro atoms. The monoisotopic (exact) mass is 282 g/mol. The molecular formula is C17H18N2O2. The lowest BCUT2D eigenvalue weighted by Gasteiger charge is -2.03. The molecule has 4 heteroatoms. The molecule has 1 aromatic heterocycles. The number of ether oxygens (including phenoxy) is 1. The number of carbonyl (C=O) groups is 1. The zero-order valence-electron chi connectivity index (χ0n) is 12.4.